The molecule has 0 aromatic heterocycles. The van der Waals surface area contributed by atoms with Crippen LogP contribution in [-0.2, 0) is 14.8 Å². The molecule has 0 amide bonds. The molecule has 0 spiro atoms. The molecule has 1 N–H and O–H groups in total. The Bertz CT molecular complexity index is 324. The summed E-state index contributed by atoms with van der Waals surface area (Å²) in [5, 5.41) is 3.13. The zero-order valence-corrected chi connectivity index (χ0v) is 12.5. The van der Waals surface area contributed by atoms with Crippen molar-refractivity contribution in [2.45, 2.75) is 32.7 Å². The highest BCUT2D eigenvalue weighted by Crippen LogP contribution is 2.15. The molecule has 0 aromatic rings. The molecule has 6 heteroatoms. The van der Waals surface area contributed by atoms with Gasteiger partial charge in [-0.15, -0.1) is 0 Å². The highest BCUT2D eigenvalue weighted by Gasteiger charge is 2.23. The fourth-order valence-corrected chi connectivity index (χ4v) is 3.19. The summed E-state index contributed by atoms with van der Waals surface area (Å²) in [4.78, 5) is 0. The molecule has 0 aliphatic carbocycles. The summed E-state index contributed by atoms with van der Waals surface area (Å²) in [7, 11) is -1.47. The monoisotopic (exact) mass is 278 g/mol. The van der Waals surface area contributed by atoms with Crippen molar-refractivity contribution in [3.8, 4) is 0 Å². The standard InChI is InChI=1S/C12H26N2O3S/c1-11(2)13-6-8-18(15,16)14(3)9-12-5-4-7-17-10-12/h11-13H,4-10H2,1-3H3. The zero-order chi connectivity index (χ0) is 13.6. The molecule has 0 radical (unpaired) electrons. The van der Waals surface area contributed by atoms with Crippen LogP contribution in [0.25, 0.3) is 0 Å². The van der Waals surface area contributed by atoms with Gasteiger partial charge in [0.15, 0.2) is 0 Å². The van der Waals surface area contributed by atoms with Gasteiger partial charge in [-0.25, -0.2) is 12.7 Å². The third-order valence-electron chi connectivity index (χ3n) is 3.16. The van der Waals surface area contributed by atoms with Crippen molar-refractivity contribution in [2.24, 2.45) is 5.92 Å². The number of sulfonamides is 1. The van der Waals surface area contributed by atoms with Crippen molar-refractivity contribution in [2.75, 3.05) is 39.1 Å². The summed E-state index contributed by atoms with van der Waals surface area (Å²) < 4.78 is 30.9. The maximum Gasteiger partial charge on any atom is 0.215 e. The molecule has 1 aliphatic heterocycles. The van der Waals surface area contributed by atoms with E-state index < -0.39 is 10.0 Å². The van der Waals surface area contributed by atoms with Crippen LogP contribution in [0.1, 0.15) is 26.7 Å². The van der Waals surface area contributed by atoms with Gasteiger partial charge in [-0.1, -0.05) is 13.8 Å². The van der Waals surface area contributed by atoms with Crippen LogP contribution in [0.4, 0.5) is 0 Å². The maximum absolute atomic E-state index is 12.0. The average Bonchev–Trinajstić information content (AvgIpc) is 2.29. The highest BCUT2D eigenvalue weighted by molar-refractivity contribution is 7.89. The summed E-state index contributed by atoms with van der Waals surface area (Å²) in [6.07, 6.45) is 2.09. The van der Waals surface area contributed by atoms with Crippen molar-refractivity contribution >= 4 is 10.0 Å². The number of hydrogen-bond acceptors (Lipinski definition) is 4. The molecular formula is C12H26N2O3S. The van der Waals surface area contributed by atoms with Crippen LogP contribution in [0.15, 0.2) is 0 Å². The highest BCUT2D eigenvalue weighted by atomic mass is 32.2. The second kappa shape index (κ2) is 7.43. The number of ether oxygens (including phenoxy) is 1. The van der Waals surface area contributed by atoms with E-state index in [9.17, 15) is 8.42 Å². The predicted octanol–water partition coefficient (Wildman–Crippen LogP) is 0.673. The third-order valence-corrected chi connectivity index (χ3v) is 4.98. The zero-order valence-electron chi connectivity index (χ0n) is 11.7. The van der Waals surface area contributed by atoms with Crippen molar-refractivity contribution in [1.82, 2.24) is 9.62 Å². The number of rotatable bonds is 7. The Morgan fingerprint density at radius 3 is 2.72 bits per heavy atom. The summed E-state index contributed by atoms with van der Waals surface area (Å²) in [5.41, 5.74) is 0. The molecule has 1 rings (SSSR count). The fraction of sp³-hybridized carbons (Fsp3) is 1.00. The van der Waals surface area contributed by atoms with Crippen LogP contribution in [-0.4, -0.2) is 57.9 Å². The summed E-state index contributed by atoms with van der Waals surface area (Å²) in [5.74, 6) is 0.506. The number of hydrogen-bond donors (Lipinski definition) is 1. The summed E-state index contributed by atoms with van der Waals surface area (Å²) in [6, 6.07) is 0.317. The molecule has 1 unspecified atom stereocenters. The van der Waals surface area contributed by atoms with Crippen molar-refractivity contribution in [3.05, 3.63) is 0 Å². The van der Waals surface area contributed by atoms with E-state index >= 15 is 0 Å². The molecule has 0 bridgehead atoms. The molecule has 1 heterocycles. The van der Waals surface area contributed by atoms with Gasteiger partial charge in [-0.2, -0.15) is 0 Å². The summed E-state index contributed by atoms with van der Waals surface area (Å²) in [6.45, 7) is 6.59. The lowest BCUT2D eigenvalue weighted by atomic mass is 10.0. The van der Waals surface area contributed by atoms with E-state index in [1.54, 1.807) is 7.05 Å². The smallest absolute Gasteiger partial charge is 0.215 e. The first-order valence-corrected chi connectivity index (χ1v) is 8.28. The van der Waals surface area contributed by atoms with Gasteiger partial charge in [-0.3, -0.25) is 0 Å². The predicted molar refractivity (Wildman–Crippen MR) is 73.1 cm³/mol. The number of nitrogens with one attached hydrogen (secondary N) is 1. The van der Waals surface area contributed by atoms with Crippen molar-refractivity contribution < 1.29 is 13.2 Å². The Hall–Kier alpha value is -0.170. The second-order valence-corrected chi connectivity index (χ2v) is 7.48. The van der Waals surface area contributed by atoms with Gasteiger partial charge in [0.05, 0.1) is 12.4 Å². The van der Waals surface area contributed by atoms with E-state index in [1.807, 2.05) is 13.8 Å². The lowest BCUT2D eigenvalue weighted by molar-refractivity contribution is 0.0495. The minimum absolute atomic E-state index is 0.162. The molecule has 1 saturated heterocycles. The van der Waals surface area contributed by atoms with Crippen LogP contribution in [0.5, 0.6) is 0 Å². The Balaban J connectivity index is 2.35. The molecule has 0 saturated carbocycles. The van der Waals surface area contributed by atoms with Gasteiger partial charge >= 0.3 is 0 Å². The van der Waals surface area contributed by atoms with Crippen LogP contribution < -0.4 is 5.32 Å². The van der Waals surface area contributed by atoms with E-state index in [0.717, 1.165) is 19.4 Å². The van der Waals surface area contributed by atoms with Crippen LogP contribution >= 0.6 is 0 Å². The van der Waals surface area contributed by atoms with E-state index in [4.69, 9.17) is 4.74 Å². The number of nitrogens with zero attached hydrogens (tertiary/aromatic N) is 1. The van der Waals surface area contributed by atoms with Gasteiger partial charge in [-0.05, 0) is 18.8 Å². The largest absolute Gasteiger partial charge is 0.381 e. The average molecular weight is 278 g/mol. The van der Waals surface area contributed by atoms with Crippen molar-refractivity contribution in [3.63, 3.8) is 0 Å². The topological polar surface area (TPSA) is 58.6 Å². The van der Waals surface area contributed by atoms with E-state index in [2.05, 4.69) is 5.32 Å². The Kier molecular flexibility index (Phi) is 6.55. The first-order chi connectivity index (χ1) is 8.42. The first kappa shape index (κ1) is 15.9. The Labute approximate surface area is 111 Å². The van der Waals surface area contributed by atoms with Gasteiger partial charge in [0.2, 0.25) is 10.0 Å². The van der Waals surface area contributed by atoms with Gasteiger partial charge in [0.25, 0.3) is 0 Å². The molecular weight excluding hydrogens is 252 g/mol. The normalized spacial score (nSPS) is 21.7. The molecule has 5 nitrogen and oxygen atoms in total. The quantitative estimate of drug-likeness (QED) is 0.744. The fourth-order valence-electron chi connectivity index (χ4n) is 2.06. The van der Waals surface area contributed by atoms with Crippen molar-refractivity contribution in [1.29, 1.82) is 0 Å². The maximum atomic E-state index is 12.0. The molecule has 0 aromatic carbocycles. The third kappa shape index (κ3) is 5.65. The summed E-state index contributed by atoms with van der Waals surface area (Å²) >= 11 is 0. The Morgan fingerprint density at radius 2 is 2.17 bits per heavy atom. The lowest BCUT2D eigenvalue weighted by Gasteiger charge is -2.26. The lowest BCUT2D eigenvalue weighted by Crippen LogP contribution is -2.39. The van der Waals surface area contributed by atoms with Crippen LogP contribution in [0.3, 0.4) is 0 Å². The molecule has 108 valence electrons. The SMILES string of the molecule is CC(C)NCCS(=O)(=O)N(C)CC1CCCOC1. The second-order valence-electron chi connectivity index (χ2n) is 5.29. The van der Waals surface area contributed by atoms with E-state index in [0.29, 0.717) is 31.7 Å². The van der Waals surface area contributed by atoms with E-state index in [1.165, 1.54) is 4.31 Å². The van der Waals surface area contributed by atoms with Crippen LogP contribution in [0.2, 0.25) is 0 Å². The molecule has 1 fully saturated rings. The van der Waals surface area contributed by atoms with Gasteiger partial charge < -0.3 is 10.1 Å². The molecule has 1 atom stereocenters. The molecule has 18 heavy (non-hydrogen) atoms. The van der Waals surface area contributed by atoms with E-state index in [-0.39, 0.29) is 5.75 Å². The van der Waals surface area contributed by atoms with Crippen LogP contribution in [0, 0.1) is 5.92 Å². The minimum atomic E-state index is -3.14. The first-order valence-electron chi connectivity index (χ1n) is 6.67. The Morgan fingerprint density at radius 1 is 1.44 bits per heavy atom. The van der Waals surface area contributed by atoms with Gasteiger partial charge in [0, 0.05) is 32.8 Å². The molecule has 1 aliphatic rings. The minimum Gasteiger partial charge on any atom is -0.381 e. The van der Waals surface area contributed by atoms with Gasteiger partial charge in [0.1, 0.15) is 0 Å².